The summed E-state index contributed by atoms with van der Waals surface area (Å²) < 4.78 is 3.08. The summed E-state index contributed by atoms with van der Waals surface area (Å²) >= 11 is -1.84. The molecule has 2 aromatic rings. The van der Waals surface area contributed by atoms with Gasteiger partial charge in [0, 0.05) is 0 Å². The fourth-order valence-corrected chi connectivity index (χ4v) is 12.3. The first kappa shape index (κ1) is 14.3. The summed E-state index contributed by atoms with van der Waals surface area (Å²) in [6.07, 6.45) is 9.66. The molecule has 22 heavy (non-hydrogen) atoms. The number of allylic oxidation sites excluding steroid dienone is 2. The van der Waals surface area contributed by atoms with E-state index in [1.807, 2.05) is 0 Å². The van der Waals surface area contributed by atoms with E-state index >= 15 is 0 Å². The summed E-state index contributed by atoms with van der Waals surface area (Å²) in [6.45, 7) is 4.75. The van der Waals surface area contributed by atoms with E-state index in [-0.39, 0.29) is 1.43 Å². The first-order valence-electron chi connectivity index (χ1n) is 7.97. The van der Waals surface area contributed by atoms with Crippen LogP contribution in [0.4, 0.5) is 0 Å². The predicted octanol–water partition coefficient (Wildman–Crippen LogP) is 5.47. The third-order valence-corrected chi connectivity index (χ3v) is 13.5. The van der Waals surface area contributed by atoms with E-state index in [0.717, 1.165) is 0 Å². The summed E-state index contributed by atoms with van der Waals surface area (Å²) in [6, 6.07) is 17.9. The maximum Gasteiger partial charge on any atom is -1.00 e. The van der Waals surface area contributed by atoms with Crippen LogP contribution < -0.4 is 0 Å². The molecule has 0 saturated carbocycles. The molecule has 2 unspecified atom stereocenters. The number of rotatable bonds is 2. The molecule has 0 radical (unpaired) electrons. The average Bonchev–Trinajstić information content (AvgIpc) is 3.13. The van der Waals surface area contributed by atoms with Crippen molar-refractivity contribution in [1.29, 1.82) is 0 Å². The Kier molecular flexibility index (Phi) is 3.70. The molecular formula is C21H21Zr-. The van der Waals surface area contributed by atoms with E-state index in [4.69, 9.17) is 0 Å². The second-order valence-electron chi connectivity index (χ2n) is 6.39. The van der Waals surface area contributed by atoms with Gasteiger partial charge in [-0.15, -0.1) is 0 Å². The molecule has 4 rings (SSSR count). The first-order valence-corrected chi connectivity index (χ1v) is 12.0. The van der Waals surface area contributed by atoms with Crippen LogP contribution in [0.25, 0.3) is 12.2 Å². The molecule has 110 valence electrons. The van der Waals surface area contributed by atoms with Crippen LogP contribution in [0.5, 0.6) is 0 Å². The van der Waals surface area contributed by atoms with Gasteiger partial charge in [-0.1, -0.05) is 0 Å². The van der Waals surface area contributed by atoms with Crippen molar-refractivity contribution in [2.75, 3.05) is 0 Å². The topological polar surface area (TPSA) is 0 Å². The Morgan fingerprint density at radius 2 is 1.23 bits per heavy atom. The predicted molar refractivity (Wildman–Crippen MR) is 93.9 cm³/mol. The van der Waals surface area contributed by atoms with Gasteiger partial charge in [0.05, 0.1) is 0 Å². The zero-order valence-corrected chi connectivity index (χ0v) is 15.5. The van der Waals surface area contributed by atoms with E-state index in [0.29, 0.717) is 7.25 Å². The van der Waals surface area contributed by atoms with Crippen LogP contribution in [0.3, 0.4) is 0 Å². The molecule has 0 bridgehead atoms. The smallest absolute Gasteiger partial charge is 1.00 e. The molecular weight excluding hydrogens is 343 g/mol. The van der Waals surface area contributed by atoms with Crippen LogP contribution in [0.1, 0.15) is 44.8 Å². The van der Waals surface area contributed by atoms with Gasteiger partial charge in [0.15, 0.2) is 0 Å². The van der Waals surface area contributed by atoms with Crippen LogP contribution in [0.2, 0.25) is 0 Å². The molecule has 0 spiro atoms. The Balaban J connectivity index is 0.00000156. The Morgan fingerprint density at radius 1 is 0.773 bits per heavy atom. The van der Waals surface area contributed by atoms with Gasteiger partial charge in [0.2, 0.25) is 0 Å². The van der Waals surface area contributed by atoms with Gasteiger partial charge < -0.3 is 1.43 Å². The third kappa shape index (κ3) is 2.27. The fraction of sp³-hybridized carbons (Fsp3) is 0.190. The van der Waals surface area contributed by atoms with Crippen LogP contribution >= 0.6 is 0 Å². The van der Waals surface area contributed by atoms with E-state index in [9.17, 15) is 0 Å². The number of hydrogen-bond donors (Lipinski definition) is 0. The number of benzene rings is 2. The van der Waals surface area contributed by atoms with E-state index in [1.54, 1.807) is 14.3 Å². The normalized spacial score (nSPS) is 20.8. The van der Waals surface area contributed by atoms with Crippen molar-refractivity contribution in [3.8, 4) is 0 Å². The molecule has 2 aliphatic rings. The molecule has 0 nitrogen and oxygen atoms in total. The van der Waals surface area contributed by atoms with Crippen molar-refractivity contribution >= 4 is 15.4 Å². The van der Waals surface area contributed by atoms with Gasteiger partial charge >= 0.3 is 141 Å². The third-order valence-electron chi connectivity index (χ3n) is 4.85. The van der Waals surface area contributed by atoms with Crippen molar-refractivity contribution in [3.05, 3.63) is 82.9 Å². The molecule has 0 amide bonds. The Bertz CT molecular complexity index is 762. The minimum atomic E-state index is -1.84. The van der Waals surface area contributed by atoms with Crippen LogP contribution in [0.15, 0.2) is 60.7 Å². The molecule has 0 aromatic heterocycles. The minimum Gasteiger partial charge on any atom is -1.00 e. The van der Waals surface area contributed by atoms with Crippen molar-refractivity contribution in [3.63, 3.8) is 0 Å². The minimum absolute atomic E-state index is 0. The standard InChI is InChI=1S/2C9H7.C3H6.Zr.H/c2*1-2-5-9-7-3-6-8(9)4-1;1-3-2;;/h2*1-7H;1-2H3;;/q;;;;-1. The Hall–Kier alpha value is -1.33. The Labute approximate surface area is 141 Å². The maximum absolute atomic E-state index is 2.49. The number of hydrogen-bond acceptors (Lipinski definition) is 0. The second-order valence-corrected chi connectivity index (χ2v) is 14.1. The van der Waals surface area contributed by atoms with Gasteiger partial charge in [-0.2, -0.15) is 0 Å². The zero-order chi connectivity index (χ0) is 15.1. The van der Waals surface area contributed by atoms with Crippen LogP contribution in [-0.4, -0.2) is 3.21 Å². The fourth-order valence-electron chi connectivity index (χ4n) is 3.86. The van der Waals surface area contributed by atoms with E-state index in [2.05, 4.69) is 86.7 Å². The molecule has 2 aromatic carbocycles. The molecule has 0 fully saturated rings. The summed E-state index contributed by atoms with van der Waals surface area (Å²) in [5, 5.41) is 0. The van der Waals surface area contributed by atoms with Gasteiger partial charge in [-0.25, -0.2) is 0 Å². The zero-order valence-electron chi connectivity index (χ0n) is 14.1. The van der Waals surface area contributed by atoms with E-state index in [1.165, 1.54) is 11.1 Å². The average molecular weight is 365 g/mol. The van der Waals surface area contributed by atoms with Gasteiger partial charge in [0.1, 0.15) is 0 Å². The van der Waals surface area contributed by atoms with Crippen molar-refractivity contribution in [1.82, 2.24) is 0 Å². The molecule has 2 atom stereocenters. The van der Waals surface area contributed by atoms with Crippen LogP contribution in [-0.2, 0) is 21.3 Å². The molecule has 0 N–H and O–H groups in total. The van der Waals surface area contributed by atoms with Crippen molar-refractivity contribution < 1.29 is 22.7 Å². The molecule has 2 aliphatic carbocycles. The van der Waals surface area contributed by atoms with Crippen molar-refractivity contribution in [2.45, 2.75) is 21.1 Å². The van der Waals surface area contributed by atoms with Gasteiger partial charge in [-0.05, 0) is 0 Å². The van der Waals surface area contributed by atoms with Gasteiger partial charge in [-0.3, -0.25) is 0 Å². The van der Waals surface area contributed by atoms with Crippen LogP contribution in [0, 0.1) is 0 Å². The molecule has 0 heterocycles. The van der Waals surface area contributed by atoms with E-state index < -0.39 is 21.3 Å². The summed E-state index contributed by atoms with van der Waals surface area (Å²) in [7, 11) is 0. The summed E-state index contributed by atoms with van der Waals surface area (Å²) in [4.78, 5) is 0. The summed E-state index contributed by atoms with van der Waals surface area (Å²) in [5.74, 6) is 0. The first-order chi connectivity index (χ1) is 10.8. The maximum atomic E-state index is 2.49. The number of fused-ring (bicyclic) bond motifs is 2. The Morgan fingerprint density at radius 3 is 1.68 bits per heavy atom. The second kappa shape index (κ2) is 5.71. The molecule has 0 aliphatic heterocycles. The SMILES string of the molecule is C[C](C)=[Zr]([CH]1C=Cc2ccccc21)[CH]1C=Cc2ccccc21.[H-]. The quantitative estimate of drug-likeness (QED) is 0.663. The van der Waals surface area contributed by atoms with Gasteiger partial charge in [0.25, 0.3) is 0 Å². The monoisotopic (exact) mass is 363 g/mol. The summed E-state index contributed by atoms with van der Waals surface area (Å²) in [5.41, 5.74) is 6.00. The molecule has 0 saturated heterocycles. The largest absolute Gasteiger partial charge is 1.00 e. The molecule has 1 heteroatoms. The van der Waals surface area contributed by atoms with Crippen molar-refractivity contribution in [2.24, 2.45) is 0 Å².